The molecule has 0 unspecified atom stereocenters. The summed E-state index contributed by atoms with van der Waals surface area (Å²) in [6, 6.07) is 5.01. The molecule has 88 valence electrons. The van der Waals surface area contributed by atoms with Gasteiger partial charge in [-0.1, -0.05) is 24.6 Å². The highest BCUT2D eigenvalue weighted by Crippen LogP contribution is 2.24. The van der Waals surface area contributed by atoms with E-state index in [2.05, 4.69) is 4.98 Å². The molecule has 4 nitrogen and oxygen atoms in total. The van der Waals surface area contributed by atoms with Gasteiger partial charge in [0, 0.05) is 18.8 Å². The van der Waals surface area contributed by atoms with Gasteiger partial charge in [-0.3, -0.25) is 0 Å². The van der Waals surface area contributed by atoms with Crippen molar-refractivity contribution in [1.82, 2.24) is 9.55 Å². The number of imidazole rings is 1. The van der Waals surface area contributed by atoms with Crippen LogP contribution in [0.25, 0.3) is 5.69 Å². The van der Waals surface area contributed by atoms with Crippen LogP contribution in [0.4, 0.5) is 0 Å². The number of halogens is 1. The number of carbonyl (C=O) groups is 1. The van der Waals surface area contributed by atoms with Gasteiger partial charge < -0.3 is 9.67 Å². The van der Waals surface area contributed by atoms with E-state index in [1.54, 1.807) is 35.2 Å². The van der Waals surface area contributed by atoms with Crippen LogP contribution < -0.4 is 0 Å². The second-order valence-corrected chi connectivity index (χ2v) is 3.91. The number of carboxylic acid groups (broad SMARTS) is 1. The molecule has 0 radical (unpaired) electrons. The number of rotatable bonds is 3. The van der Waals surface area contributed by atoms with E-state index in [0.29, 0.717) is 5.69 Å². The lowest BCUT2D eigenvalue weighted by Crippen LogP contribution is -2.08. The highest BCUT2D eigenvalue weighted by Gasteiger charge is 2.16. The Balaban J connectivity index is 2.67. The number of nitrogens with zero attached hydrogens (tertiary/aromatic N) is 2. The summed E-state index contributed by atoms with van der Waals surface area (Å²) in [4.78, 5) is 15.4. The summed E-state index contributed by atoms with van der Waals surface area (Å²) < 4.78 is 1.75. The van der Waals surface area contributed by atoms with E-state index >= 15 is 0 Å². The van der Waals surface area contributed by atoms with Crippen molar-refractivity contribution in [3.63, 3.8) is 0 Å². The Morgan fingerprint density at radius 3 is 2.94 bits per heavy atom. The van der Waals surface area contributed by atoms with Crippen LogP contribution in [0.15, 0.2) is 30.6 Å². The highest BCUT2D eigenvalue weighted by molar-refractivity contribution is 6.34. The first kappa shape index (κ1) is 11.7. The maximum Gasteiger partial charge on any atom is 0.339 e. The first-order valence-electron chi connectivity index (χ1n) is 5.19. The van der Waals surface area contributed by atoms with Crippen LogP contribution in [0.3, 0.4) is 0 Å². The van der Waals surface area contributed by atoms with Crippen molar-refractivity contribution in [1.29, 1.82) is 0 Å². The number of benzene rings is 1. The number of hydrogen-bond acceptors (Lipinski definition) is 2. The summed E-state index contributed by atoms with van der Waals surface area (Å²) >= 11 is 5.92. The number of aromatic carboxylic acids is 1. The van der Waals surface area contributed by atoms with Crippen LogP contribution in [0.5, 0.6) is 0 Å². The van der Waals surface area contributed by atoms with E-state index < -0.39 is 5.97 Å². The number of aryl methyl sites for hydroxylation is 1. The second kappa shape index (κ2) is 4.59. The normalized spacial score (nSPS) is 10.5. The van der Waals surface area contributed by atoms with Crippen molar-refractivity contribution < 1.29 is 9.90 Å². The van der Waals surface area contributed by atoms with Gasteiger partial charge >= 0.3 is 5.97 Å². The first-order valence-corrected chi connectivity index (χ1v) is 5.57. The van der Waals surface area contributed by atoms with E-state index in [-0.39, 0.29) is 10.6 Å². The van der Waals surface area contributed by atoms with Crippen molar-refractivity contribution >= 4 is 17.6 Å². The predicted octanol–water partition coefficient (Wildman–Crippen LogP) is 2.79. The summed E-state index contributed by atoms with van der Waals surface area (Å²) in [5.74, 6) is -0.240. The lowest BCUT2D eigenvalue weighted by molar-refractivity contribution is 0.0697. The molecule has 1 heterocycles. The minimum atomic E-state index is -1.04. The fourth-order valence-corrected chi connectivity index (χ4v) is 1.99. The van der Waals surface area contributed by atoms with Crippen LogP contribution in [-0.2, 0) is 6.42 Å². The molecule has 1 aromatic carbocycles. The zero-order valence-electron chi connectivity index (χ0n) is 9.22. The zero-order valence-corrected chi connectivity index (χ0v) is 9.98. The molecule has 0 saturated heterocycles. The van der Waals surface area contributed by atoms with E-state index in [4.69, 9.17) is 11.6 Å². The van der Waals surface area contributed by atoms with Gasteiger partial charge in [0.05, 0.1) is 10.7 Å². The molecular weight excluding hydrogens is 240 g/mol. The molecule has 0 saturated carbocycles. The van der Waals surface area contributed by atoms with E-state index in [9.17, 15) is 9.90 Å². The van der Waals surface area contributed by atoms with Crippen LogP contribution >= 0.6 is 11.6 Å². The summed E-state index contributed by atoms with van der Waals surface area (Å²) in [5, 5.41) is 9.42. The molecular formula is C12H11ClN2O2. The lowest BCUT2D eigenvalue weighted by atomic mass is 10.1. The Morgan fingerprint density at radius 2 is 2.29 bits per heavy atom. The molecule has 0 atom stereocenters. The monoisotopic (exact) mass is 250 g/mol. The number of aromatic nitrogens is 2. The lowest BCUT2D eigenvalue weighted by Gasteiger charge is -2.10. The third-order valence-electron chi connectivity index (χ3n) is 2.50. The molecule has 0 amide bonds. The molecule has 2 rings (SSSR count). The number of hydrogen-bond donors (Lipinski definition) is 1. The maximum atomic E-state index is 11.2. The van der Waals surface area contributed by atoms with E-state index in [0.717, 1.165) is 12.2 Å². The van der Waals surface area contributed by atoms with E-state index in [1.807, 2.05) is 6.92 Å². The molecule has 0 fully saturated rings. The van der Waals surface area contributed by atoms with Crippen molar-refractivity contribution in [2.45, 2.75) is 13.3 Å². The molecule has 0 aliphatic carbocycles. The van der Waals surface area contributed by atoms with Gasteiger partial charge in [-0.15, -0.1) is 0 Å². The number of carboxylic acids is 1. The standard InChI is InChI=1S/C12H11ClN2O2/c1-2-10-14-6-7-15(10)9-5-3-4-8(13)11(9)12(16)17/h3-7H,2H2,1H3,(H,16,17). The molecule has 1 aromatic heterocycles. The topological polar surface area (TPSA) is 55.1 Å². The summed E-state index contributed by atoms with van der Waals surface area (Å²) in [7, 11) is 0. The summed E-state index contributed by atoms with van der Waals surface area (Å²) in [5.41, 5.74) is 0.640. The van der Waals surface area contributed by atoms with Crippen LogP contribution in [0.1, 0.15) is 23.1 Å². The Hall–Kier alpha value is -1.81. The molecule has 2 aromatic rings. The summed E-state index contributed by atoms with van der Waals surface area (Å²) in [6.45, 7) is 1.96. The van der Waals surface area contributed by atoms with Crippen LogP contribution in [0.2, 0.25) is 5.02 Å². The first-order chi connectivity index (χ1) is 8.15. The third kappa shape index (κ3) is 2.03. The Morgan fingerprint density at radius 1 is 1.53 bits per heavy atom. The van der Waals surface area contributed by atoms with Gasteiger partial charge in [0.15, 0.2) is 0 Å². The van der Waals surface area contributed by atoms with Gasteiger partial charge in [0.25, 0.3) is 0 Å². The average molecular weight is 251 g/mol. The van der Waals surface area contributed by atoms with Crippen LogP contribution in [-0.4, -0.2) is 20.6 Å². The van der Waals surface area contributed by atoms with Gasteiger partial charge in [-0.05, 0) is 12.1 Å². The Kier molecular flexibility index (Phi) is 3.15. The fraction of sp³-hybridized carbons (Fsp3) is 0.167. The largest absolute Gasteiger partial charge is 0.478 e. The van der Waals surface area contributed by atoms with Gasteiger partial charge in [0.1, 0.15) is 11.4 Å². The van der Waals surface area contributed by atoms with Crippen molar-refractivity contribution in [2.24, 2.45) is 0 Å². The van der Waals surface area contributed by atoms with Crippen molar-refractivity contribution in [3.8, 4) is 5.69 Å². The molecule has 0 aliphatic heterocycles. The van der Waals surface area contributed by atoms with E-state index in [1.165, 1.54) is 0 Å². The van der Waals surface area contributed by atoms with Crippen molar-refractivity contribution in [3.05, 3.63) is 47.0 Å². The predicted molar refractivity (Wildman–Crippen MR) is 64.9 cm³/mol. The molecule has 17 heavy (non-hydrogen) atoms. The maximum absolute atomic E-state index is 11.2. The zero-order chi connectivity index (χ0) is 12.4. The van der Waals surface area contributed by atoms with Gasteiger partial charge in [0.2, 0.25) is 0 Å². The molecule has 5 heteroatoms. The quantitative estimate of drug-likeness (QED) is 0.911. The third-order valence-corrected chi connectivity index (χ3v) is 2.81. The van der Waals surface area contributed by atoms with Crippen molar-refractivity contribution in [2.75, 3.05) is 0 Å². The van der Waals surface area contributed by atoms with Crippen LogP contribution in [0, 0.1) is 0 Å². The minimum absolute atomic E-state index is 0.0990. The molecule has 0 bridgehead atoms. The van der Waals surface area contributed by atoms with Gasteiger partial charge in [-0.2, -0.15) is 0 Å². The van der Waals surface area contributed by atoms with Gasteiger partial charge in [-0.25, -0.2) is 9.78 Å². The molecule has 0 spiro atoms. The molecule has 1 N–H and O–H groups in total. The fourth-order valence-electron chi connectivity index (χ4n) is 1.74. The Labute approximate surface area is 103 Å². The minimum Gasteiger partial charge on any atom is -0.478 e. The highest BCUT2D eigenvalue weighted by atomic mass is 35.5. The SMILES string of the molecule is CCc1nccn1-c1cccc(Cl)c1C(=O)O. The smallest absolute Gasteiger partial charge is 0.339 e. The summed E-state index contributed by atoms with van der Waals surface area (Å²) in [6.07, 6.45) is 4.10. The molecule has 0 aliphatic rings. The average Bonchev–Trinajstić information content (AvgIpc) is 2.75. The second-order valence-electron chi connectivity index (χ2n) is 3.51. The Bertz CT molecular complexity index is 563.